The van der Waals surface area contributed by atoms with Crippen molar-refractivity contribution < 1.29 is 17.9 Å². The summed E-state index contributed by atoms with van der Waals surface area (Å²) in [5.74, 6) is 0.227. The second-order valence-corrected chi connectivity index (χ2v) is 9.80. The summed E-state index contributed by atoms with van der Waals surface area (Å²) >= 11 is 6.02. The molecule has 0 saturated heterocycles. The van der Waals surface area contributed by atoms with E-state index in [1.54, 1.807) is 24.4 Å². The van der Waals surface area contributed by atoms with Gasteiger partial charge in [-0.2, -0.15) is 4.31 Å². The highest BCUT2D eigenvalue weighted by molar-refractivity contribution is 7.89. The molecule has 10 heteroatoms. The molecule has 176 valence electrons. The average Bonchev–Trinajstić information content (AvgIpc) is 2.79. The Bertz CT molecular complexity index is 1200. The molecule has 2 N–H and O–H groups in total. The van der Waals surface area contributed by atoms with E-state index in [0.29, 0.717) is 36.9 Å². The van der Waals surface area contributed by atoms with Crippen LogP contribution in [-0.2, 0) is 14.8 Å². The van der Waals surface area contributed by atoms with Gasteiger partial charge in [-0.3, -0.25) is 9.78 Å². The maximum absolute atomic E-state index is 12.7. The van der Waals surface area contributed by atoms with E-state index in [0.717, 1.165) is 20.9 Å². The van der Waals surface area contributed by atoms with E-state index in [1.165, 1.54) is 19.2 Å². The predicted molar refractivity (Wildman–Crippen MR) is 130 cm³/mol. The van der Waals surface area contributed by atoms with Crippen LogP contribution in [0.25, 0.3) is 10.9 Å². The van der Waals surface area contributed by atoms with Crippen LogP contribution in [0.2, 0.25) is 5.02 Å². The first-order valence-corrected chi connectivity index (χ1v) is 12.4. The molecule has 1 amide bonds. The van der Waals surface area contributed by atoms with Crippen molar-refractivity contribution in [2.45, 2.75) is 18.2 Å². The summed E-state index contributed by atoms with van der Waals surface area (Å²) < 4.78 is 31.7. The third-order valence-electron chi connectivity index (χ3n) is 4.91. The van der Waals surface area contributed by atoms with Crippen molar-refractivity contribution in [2.75, 3.05) is 38.6 Å². The van der Waals surface area contributed by atoms with Gasteiger partial charge < -0.3 is 15.4 Å². The maximum atomic E-state index is 12.7. The molecule has 0 fully saturated rings. The van der Waals surface area contributed by atoms with Gasteiger partial charge in [0.2, 0.25) is 15.9 Å². The van der Waals surface area contributed by atoms with E-state index in [4.69, 9.17) is 16.3 Å². The summed E-state index contributed by atoms with van der Waals surface area (Å²) in [6.07, 6.45) is 2.38. The van der Waals surface area contributed by atoms with Gasteiger partial charge in [-0.15, -0.1) is 0 Å². The van der Waals surface area contributed by atoms with Gasteiger partial charge in [0.25, 0.3) is 0 Å². The van der Waals surface area contributed by atoms with Crippen LogP contribution >= 0.6 is 11.6 Å². The number of hydrogen-bond donors (Lipinski definition) is 2. The van der Waals surface area contributed by atoms with Gasteiger partial charge in [-0.1, -0.05) is 11.6 Å². The minimum absolute atomic E-state index is 0.108. The molecule has 0 saturated carbocycles. The zero-order valence-corrected chi connectivity index (χ0v) is 20.1. The first-order chi connectivity index (χ1) is 15.8. The molecule has 0 unspecified atom stereocenters. The van der Waals surface area contributed by atoms with Crippen LogP contribution in [-0.4, -0.2) is 56.9 Å². The van der Waals surface area contributed by atoms with E-state index >= 15 is 0 Å². The first kappa shape index (κ1) is 24.8. The average molecular weight is 491 g/mol. The van der Waals surface area contributed by atoms with Gasteiger partial charge in [0.1, 0.15) is 5.75 Å². The quantitative estimate of drug-likeness (QED) is 0.399. The molecule has 1 aromatic heterocycles. The molecule has 1 heterocycles. The molecule has 0 aliphatic carbocycles. The fourth-order valence-electron chi connectivity index (χ4n) is 3.21. The number of ether oxygens (including phenoxy) is 1. The lowest BCUT2D eigenvalue weighted by Crippen LogP contribution is -2.38. The Hall–Kier alpha value is -2.88. The van der Waals surface area contributed by atoms with Gasteiger partial charge in [0.05, 0.1) is 23.6 Å². The van der Waals surface area contributed by atoms with E-state index in [1.807, 2.05) is 25.1 Å². The first-order valence-electron chi connectivity index (χ1n) is 10.6. The second kappa shape index (κ2) is 11.3. The van der Waals surface area contributed by atoms with Gasteiger partial charge >= 0.3 is 0 Å². The number of carbonyl (C=O) groups is 1. The lowest BCUT2D eigenvalue weighted by Gasteiger charge is -2.17. The van der Waals surface area contributed by atoms with Crippen molar-refractivity contribution in [3.63, 3.8) is 0 Å². The Morgan fingerprint density at radius 3 is 2.61 bits per heavy atom. The van der Waals surface area contributed by atoms with E-state index in [-0.39, 0.29) is 17.3 Å². The molecular formula is C23H27ClN4O4S. The van der Waals surface area contributed by atoms with Crippen molar-refractivity contribution in [3.8, 4) is 5.75 Å². The zero-order chi connectivity index (χ0) is 23.8. The third-order valence-corrected chi connectivity index (χ3v) is 6.96. The van der Waals surface area contributed by atoms with Crippen molar-refractivity contribution in [3.05, 3.63) is 59.8 Å². The largest absolute Gasteiger partial charge is 0.494 e. The topological polar surface area (TPSA) is 101 Å². The van der Waals surface area contributed by atoms with Crippen LogP contribution in [0.5, 0.6) is 5.75 Å². The van der Waals surface area contributed by atoms with Crippen LogP contribution in [0.15, 0.2) is 59.6 Å². The number of anilines is 1. The van der Waals surface area contributed by atoms with Crippen LogP contribution in [0.4, 0.5) is 5.69 Å². The number of nitrogens with zero attached hydrogens (tertiary/aromatic N) is 2. The highest BCUT2D eigenvalue weighted by Crippen LogP contribution is 2.24. The summed E-state index contributed by atoms with van der Waals surface area (Å²) in [7, 11) is -2.39. The smallest absolute Gasteiger partial charge is 0.243 e. The summed E-state index contributed by atoms with van der Waals surface area (Å²) in [6.45, 7) is 3.12. The number of benzene rings is 2. The number of aromatic nitrogens is 1. The number of nitrogens with one attached hydrogen (secondary N) is 2. The van der Waals surface area contributed by atoms with Gasteiger partial charge in [0.15, 0.2) is 0 Å². The zero-order valence-electron chi connectivity index (χ0n) is 18.5. The van der Waals surface area contributed by atoms with Gasteiger partial charge in [-0.25, -0.2) is 8.42 Å². The minimum Gasteiger partial charge on any atom is -0.494 e. The van der Waals surface area contributed by atoms with E-state index < -0.39 is 10.0 Å². The summed E-state index contributed by atoms with van der Waals surface area (Å²) in [4.78, 5) is 16.7. The Morgan fingerprint density at radius 2 is 1.88 bits per heavy atom. The molecule has 3 aromatic rings. The molecule has 0 atom stereocenters. The maximum Gasteiger partial charge on any atom is 0.243 e. The van der Waals surface area contributed by atoms with E-state index in [2.05, 4.69) is 15.6 Å². The number of fused-ring (bicyclic) bond motifs is 1. The van der Waals surface area contributed by atoms with Crippen LogP contribution in [0, 0.1) is 0 Å². The Balaban J connectivity index is 1.44. The monoisotopic (exact) mass is 490 g/mol. The third kappa shape index (κ3) is 6.56. The molecule has 2 aromatic carbocycles. The van der Waals surface area contributed by atoms with Crippen LogP contribution in [0.1, 0.15) is 13.3 Å². The molecule has 0 spiro atoms. The standard InChI is InChI=1S/C23H27ClN4O4S/c1-3-32-18-6-8-19(9-7-18)33(30,31)28(2)16-23(29)27-13-4-12-25-21-11-14-26-22-15-17(24)5-10-20(21)22/h5-11,14-15H,3-4,12-13,16H2,1-2H3,(H,25,26)(H,27,29). The molecule has 0 aliphatic rings. The van der Waals surface area contributed by atoms with Crippen molar-refractivity contribution in [1.29, 1.82) is 0 Å². The fourth-order valence-corrected chi connectivity index (χ4v) is 4.51. The Kier molecular flexibility index (Phi) is 8.49. The normalized spacial score (nSPS) is 11.5. The molecule has 0 aliphatic heterocycles. The summed E-state index contributed by atoms with van der Waals surface area (Å²) in [5.41, 5.74) is 1.74. The molecule has 3 rings (SSSR count). The lowest BCUT2D eigenvalue weighted by molar-refractivity contribution is -0.121. The second-order valence-electron chi connectivity index (χ2n) is 7.32. The lowest BCUT2D eigenvalue weighted by atomic mass is 10.2. The number of carbonyl (C=O) groups excluding carboxylic acids is 1. The summed E-state index contributed by atoms with van der Waals surface area (Å²) in [6, 6.07) is 13.5. The van der Waals surface area contributed by atoms with Gasteiger partial charge in [0, 0.05) is 42.4 Å². The SMILES string of the molecule is CCOc1ccc(S(=O)(=O)N(C)CC(=O)NCCCNc2ccnc3cc(Cl)ccc23)cc1. The molecule has 33 heavy (non-hydrogen) atoms. The van der Waals surface area contributed by atoms with Gasteiger partial charge in [-0.05, 0) is 61.9 Å². The predicted octanol–water partition coefficient (Wildman–Crippen LogP) is 3.53. The van der Waals surface area contributed by atoms with E-state index in [9.17, 15) is 13.2 Å². The number of rotatable bonds is 11. The Labute approximate surface area is 199 Å². The highest BCUT2D eigenvalue weighted by Gasteiger charge is 2.22. The Morgan fingerprint density at radius 1 is 1.12 bits per heavy atom. The van der Waals surface area contributed by atoms with Crippen molar-refractivity contribution in [2.24, 2.45) is 0 Å². The number of likely N-dealkylation sites (N-methyl/N-ethyl adjacent to an activating group) is 1. The van der Waals surface area contributed by atoms with Crippen LogP contribution < -0.4 is 15.4 Å². The number of pyridine rings is 1. The number of hydrogen-bond acceptors (Lipinski definition) is 6. The number of amides is 1. The number of halogens is 1. The van der Waals surface area contributed by atoms with Crippen LogP contribution in [0.3, 0.4) is 0 Å². The fraction of sp³-hybridized carbons (Fsp3) is 0.304. The molecule has 8 nitrogen and oxygen atoms in total. The molecule has 0 bridgehead atoms. The van der Waals surface area contributed by atoms with Crippen molar-refractivity contribution >= 4 is 44.1 Å². The molecular weight excluding hydrogens is 464 g/mol. The molecule has 0 radical (unpaired) electrons. The summed E-state index contributed by atoms with van der Waals surface area (Å²) in [5, 5.41) is 7.68. The number of sulfonamides is 1. The van der Waals surface area contributed by atoms with Crippen molar-refractivity contribution in [1.82, 2.24) is 14.6 Å². The highest BCUT2D eigenvalue weighted by atomic mass is 35.5. The minimum atomic E-state index is -3.77.